The Morgan fingerprint density at radius 3 is 2.68 bits per heavy atom. The molecule has 4 heteroatoms. The van der Waals surface area contributed by atoms with Crippen LogP contribution in [0.2, 0.25) is 0 Å². The molecule has 0 bridgehead atoms. The minimum absolute atomic E-state index is 0.185. The predicted molar refractivity (Wildman–Crippen MR) is 78.0 cm³/mol. The SMILES string of the molecule is CNCc1ccc(N2CCOCC2)c(OC(C)C)c1. The Bertz CT molecular complexity index is 401. The van der Waals surface area contributed by atoms with Gasteiger partial charge in [-0.15, -0.1) is 0 Å². The molecule has 0 unspecified atom stereocenters. The second-order valence-corrected chi connectivity index (χ2v) is 5.10. The average molecular weight is 264 g/mol. The van der Waals surface area contributed by atoms with Crippen molar-refractivity contribution in [1.82, 2.24) is 5.32 Å². The summed E-state index contributed by atoms with van der Waals surface area (Å²) in [4.78, 5) is 2.34. The molecule has 0 atom stereocenters. The third-order valence-electron chi connectivity index (χ3n) is 3.12. The van der Waals surface area contributed by atoms with Crippen molar-refractivity contribution in [2.45, 2.75) is 26.5 Å². The summed E-state index contributed by atoms with van der Waals surface area (Å²) in [5.41, 5.74) is 2.42. The Morgan fingerprint density at radius 1 is 1.32 bits per heavy atom. The minimum Gasteiger partial charge on any atom is -0.489 e. The molecule has 0 spiro atoms. The van der Waals surface area contributed by atoms with E-state index < -0.39 is 0 Å². The van der Waals surface area contributed by atoms with E-state index in [-0.39, 0.29) is 6.10 Å². The number of nitrogens with one attached hydrogen (secondary N) is 1. The van der Waals surface area contributed by atoms with Crippen LogP contribution < -0.4 is 15.0 Å². The molecule has 0 radical (unpaired) electrons. The maximum Gasteiger partial charge on any atom is 0.143 e. The van der Waals surface area contributed by atoms with Gasteiger partial charge in [0.1, 0.15) is 5.75 Å². The first-order valence-electron chi connectivity index (χ1n) is 6.97. The second kappa shape index (κ2) is 6.78. The number of hydrogen-bond donors (Lipinski definition) is 1. The first-order valence-corrected chi connectivity index (χ1v) is 6.97. The lowest BCUT2D eigenvalue weighted by Gasteiger charge is -2.31. The van der Waals surface area contributed by atoms with Gasteiger partial charge in [-0.25, -0.2) is 0 Å². The van der Waals surface area contributed by atoms with E-state index in [2.05, 4.69) is 42.3 Å². The molecule has 0 aliphatic carbocycles. The zero-order valence-corrected chi connectivity index (χ0v) is 12.1. The van der Waals surface area contributed by atoms with Gasteiger partial charge in [-0.3, -0.25) is 0 Å². The first kappa shape index (κ1) is 14.2. The van der Waals surface area contributed by atoms with Crippen LogP contribution in [0, 0.1) is 0 Å². The van der Waals surface area contributed by atoms with Crippen molar-refractivity contribution in [2.75, 3.05) is 38.3 Å². The molecule has 0 amide bonds. The Kier molecular flexibility index (Phi) is 5.05. The number of morpholine rings is 1. The van der Waals surface area contributed by atoms with Crippen molar-refractivity contribution in [2.24, 2.45) is 0 Å². The molecule has 1 aromatic rings. The molecule has 1 N–H and O–H groups in total. The molecule has 1 heterocycles. The van der Waals surface area contributed by atoms with Crippen LogP contribution in [-0.4, -0.2) is 39.5 Å². The third-order valence-corrected chi connectivity index (χ3v) is 3.12. The molecule has 0 aromatic heterocycles. The van der Waals surface area contributed by atoms with Gasteiger partial charge < -0.3 is 19.7 Å². The molecule has 1 aliphatic heterocycles. The highest BCUT2D eigenvalue weighted by Crippen LogP contribution is 2.31. The van der Waals surface area contributed by atoms with E-state index in [4.69, 9.17) is 9.47 Å². The van der Waals surface area contributed by atoms with Crippen LogP contribution in [0.5, 0.6) is 5.75 Å². The fraction of sp³-hybridized carbons (Fsp3) is 0.600. The summed E-state index contributed by atoms with van der Waals surface area (Å²) in [7, 11) is 1.96. The predicted octanol–water partition coefficient (Wildman–Crippen LogP) is 2.03. The molecule has 2 rings (SSSR count). The van der Waals surface area contributed by atoms with Crippen LogP contribution in [0.15, 0.2) is 18.2 Å². The summed E-state index contributed by atoms with van der Waals surface area (Å²) in [5, 5.41) is 3.17. The fourth-order valence-corrected chi connectivity index (χ4v) is 2.29. The Morgan fingerprint density at radius 2 is 2.05 bits per heavy atom. The van der Waals surface area contributed by atoms with Crippen molar-refractivity contribution in [3.8, 4) is 5.75 Å². The molecular weight excluding hydrogens is 240 g/mol. The Labute approximate surface area is 115 Å². The molecule has 4 nitrogen and oxygen atoms in total. The van der Waals surface area contributed by atoms with Gasteiger partial charge in [-0.05, 0) is 38.6 Å². The monoisotopic (exact) mass is 264 g/mol. The fourth-order valence-electron chi connectivity index (χ4n) is 2.29. The van der Waals surface area contributed by atoms with Crippen LogP contribution in [0.25, 0.3) is 0 Å². The maximum atomic E-state index is 5.98. The lowest BCUT2D eigenvalue weighted by Crippen LogP contribution is -2.36. The van der Waals surface area contributed by atoms with Crippen molar-refractivity contribution in [3.05, 3.63) is 23.8 Å². The Hall–Kier alpha value is -1.26. The summed E-state index contributed by atoms with van der Waals surface area (Å²) in [6.45, 7) is 8.43. The van der Waals surface area contributed by atoms with Crippen molar-refractivity contribution < 1.29 is 9.47 Å². The molecular formula is C15H24N2O2. The van der Waals surface area contributed by atoms with Crippen molar-refractivity contribution >= 4 is 5.69 Å². The number of benzene rings is 1. The van der Waals surface area contributed by atoms with E-state index in [0.29, 0.717) is 0 Å². The van der Waals surface area contributed by atoms with E-state index in [1.165, 1.54) is 11.3 Å². The van der Waals surface area contributed by atoms with E-state index in [0.717, 1.165) is 38.6 Å². The van der Waals surface area contributed by atoms with Gasteiger partial charge in [0.2, 0.25) is 0 Å². The molecule has 1 aliphatic rings. The summed E-state index contributed by atoms with van der Waals surface area (Å²) in [6, 6.07) is 6.46. The van der Waals surface area contributed by atoms with Gasteiger partial charge in [0.25, 0.3) is 0 Å². The minimum atomic E-state index is 0.185. The number of nitrogens with zero attached hydrogens (tertiary/aromatic N) is 1. The van der Waals surface area contributed by atoms with E-state index in [1.807, 2.05) is 7.05 Å². The quantitative estimate of drug-likeness (QED) is 0.882. The van der Waals surface area contributed by atoms with Gasteiger partial charge in [0, 0.05) is 19.6 Å². The van der Waals surface area contributed by atoms with Crippen LogP contribution >= 0.6 is 0 Å². The molecule has 1 saturated heterocycles. The smallest absolute Gasteiger partial charge is 0.143 e. The topological polar surface area (TPSA) is 33.7 Å². The van der Waals surface area contributed by atoms with Crippen molar-refractivity contribution in [1.29, 1.82) is 0 Å². The second-order valence-electron chi connectivity index (χ2n) is 5.10. The van der Waals surface area contributed by atoms with Crippen LogP contribution in [0.4, 0.5) is 5.69 Å². The van der Waals surface area contributed by atoms with Crippen LogP contribution in [0.3, 0.4) is 0 Å². The molecule has 1 fully saturated rings. The summed E-state index contributed by atoms with van der Waals surface area (Å²) >= 11 is 0. The molecule has 0 saturated carbocycles. The van der Waals surface area contributed by atoms with E-state index >= 15 is 0 Å². The third kappa shape index (κ3) is 3.85. The lowest BCUT2D eigenvalue weighted by molar-refractivity contribution is 0.122. The van der Waals surface area contributed by atoms with Crippen LogP contribution in [0.1, 0.15) is 19.4 Å². The highest BCUT2D eigenvalue weighted by Gasteiger charge is 2.16. The number of hydrogen-bond acceptors (Lipinski definition) is 4. The molecule has 19 heavy (non-hydrogen) atoms. The summed E-state index contributed by atoms with van der Waals surface area (Å²) < 4.78 is 11.4. The zero-order valence-electron chi connectivity index (χ0n) is 12.1. The van der Waals surface area contributed by atoms with Crippen molar-refractivity contribution in [3.63, 3.8) is 0 Å². The highest BCUT2D eigenvalue weighted by molar-refractivity contribution is 5.60. The lowest BCUT2D eigenvalue weighted by atomic mass is 10.1. The maximum absolute atomic E-state index is 5.98. The van der Waals surface area contributed by atoms with Gasteiger partial charge in [0.15, 0.2) is 0 Å². The normalized spacial score (nSPS) is 15.9. The Balaban J connectivity index is 2.23. The molecule has 106 valence electrons. The average Bonchev–Trinajstić information content (AvgIpc) is 2.40. The number of ether oxygens (including phenoxy) is 2. The first-order chi connectivity index (χ1) is 9.20. The van der Waals surface area contributed by atoms with Crippen LogP contribution in [-0.2, 0) is 11.3 Å². The summed E-state index contributed by atoms with van der Waals surface area (Å²) in [6.07, 6.45) is 0.185. The molecule has 1 aromatic carbocycles. The van der Waals surface area contributed by atoms with Gasteiger partial charge in [-0.1, -0.05) is 6.07 Å². The zero-order chi connectivity index (χ0) is 13.7. The summed E-state index contributed by atoms with van der Waals surface area (Å²) in [5.74, 6) is 0.977. The number of anilines is 1. The van der Waals surface area contributed by atoms with E-state index in [1.54, 1.807) is 0 Å². The highest BCUT2D eigenvalue weighted by atomic mass is 16.5. The standard InChI is InChI=1S/C15H24N2O2/c1-12(2)19-15-10-13(11-16-3)4-5-14(15)17-6-8-18-9-7-17/h4-5,10,12,16H,6-9,11H2,1-3H3. The van der Waals surface area contributed by atoms with Gasteiger partial charge >= 0.3 is 0 Å². The van der Waals surface area contributed by atoms with E-state index in [9.17, 15) is 0 Å². The van der Waals surface area contributed by atoms with Gasteiger partial charge in [0.05, 0.1) is 25.0 Å². The van der Waals surface area contributed by atoms with Gasteiger partial charge in [-0.2, -0.15) is 0 Å². The number of rotatable bonds is 5. The largest absolute Gasteiger partial charge is 0.489 e.